The summed E-state index contributed by atoms with van der Waals surface area (Å²) in [6.07, 6.45) is 7.89. The fourth-order valence-electron chi connectivity index (χ4n) is 3.89. The molecule has 1 aromatic rings. The summed E-state index contributed by atoms with van der Waals surface area (Å²) < 4.78 is 0. The molecule has 1 aromatic heterocycles. The standard InChI is InChI=1S/C16H19N3O2/c17-10-12-9-13(7-8-18-12)19-14-4-2-1-3-11(14)5-6-15(19)16(20)21/h7-9,11,14-15H,1-6H2,(H,20,21). The second kappa shape index (κ2) is 5.72. The van der Waals surface area contributed by atoms with Gasteiger partial charge in [-0.25, -0.2) is 9.78 Å². The molecule has 0 spiro atoms. The van der Waals surface area contributed by atoms with E-state index in [1.807, 2.05) is 17.0 Å². The molecule has 2 aliphatic rings. The second-order valence-electron chi connectivity index (χ2n) is 5.96. The third-order valence-corrected chi connectivity index (χ3v) is 4.81. The van der Waals surface area contributed by atoms with Gasteiger partial charge in [-0.05, 0) is 43.7 Å². The van der Waals surface area contributed by atoms with Crippen molar-refractivity contribution in [1.82, 2.24) is 4.98 Å². The number of piperidine rings is 1. The number of anilines is 1. The van der Waals surface area contributed by atoms with Crippen LogP contribution in [0.4, 0.5) is 5.69 Å². The summed E-state index contributed by atoms with van der Waals surface area (Å²) in [6, 6.07) is 5.37. The van der Waals surface area contributed by atoms with Gasteiger partial charge in [-0.15, -0.1) is 0 Å². The first kappa shape index (κ1) is 13.9. The van der Waals surface area contributed by atoms with Gasteiger partial charge >= 0.3 is 5.97 Å². The van der Waals surface area contributed by atoms with Gasteiger partial charge < -0.3 is 10.0 Å². The van der Waals surface area contributed by atoms with Gasteiger partial charge in [-0.3, -0.25) is 0 Å². The van der Waals surface area contributed by atoms with Crippen molar-refractivity contribution in [2.45, 2.75) is 50.6 Å². The number of rotatable bonds is 2. The number of carboxylic acids is 1. The highest BCUT2D eigenvalue weighted by Gasteiger charge is 2.41. The quantitative estimate of drug-likeness (QED) is 0.903. The number of nitriles is 1. The summed E-state index contributed by atoms with van der Waals surface area (Å²) in [4.78, 5) is 17.7. The molecule has 1 saturated heterocycles. The van der Waals surface area contributed by atoms with Crippen LogP contribution in [0.25, 0.3) is 0 Å². The highest BCUT2D eigenvalue weighted by molar-refractivity contribution is 5.79. The molecule has 5 nitrogen and oxygen atoms in total. The molecule has 0 aromatic carbocycles. The number of carbonyl (C=O) groups is 1. The highest BCUT2D eigenvalue weighted by atomic mass is 16.4. The van der Waals surface area contributed by atoms with Crippen molar-refractivity contribution in [1.29, 1.82) is 5.26 Å². The number of pyridine rings is 1. The highest BCUT2D eigenvalue weighted by Crippen LogP contribution is 2.40. The van der Waals surface area contributed by atoms with E-state index in [0.717, 1.165) is 24.9 Å². The minimum atomic E-state index is -0.769. The van der Waals surface area contributed by atoms with Crippen LogP contribution < -0.4 is 4.90 Å². The molecule has 0 amide bonds. The van der Waals surface area contributed by atoms with E-state index in [1.165, 1.54) is 12.8 Å². The molecule has 0 bridgehead atoms. The van der Waals surface area contributed by atoms with Gasteiger partial charge in [0.25, 0.3) is 0 Å². The van der Waals surface area contributed by atoms with E-state index in [0.29, 0.717) is 18.0 Å². The van der Waals surface area contributed by atoms with E-state index < -0.39 is 12.0 Å². The number of aliphatic carboxylic acids is 1. The maximum Gasteiger partial charge on any atom is 0.326 e. The van der Waals surface area contributed by atoms with E-state index in [1.54, 1.807) is 12.3 Å². The molecule has 3 atom stereocenters. The fourth-order valence-corrected chi connectivity index (χ4v) is 3.89. The SMILES string of the molecule is N#Cc1cc(N2C(C(=O)O)CCC3CCCCC32)ccn1. The molecular formula is C16H19N3O2. The molecule has 1 saturated carbocycles. The van der Waals surface area contributed by atoms with Gasteiger partial charge in [0.15, 0.2) is 0 Å². The van der Waals surface area contributed by atoms with Crippen LogP contribution in [0.1, 0.15) is 44.2 Å². The first-order valence-electron chi connectivity index (χ1n) is 7.58. The maximum atomic E-state index is 11.6. The molecule has 110 valence electrons. The molecule has 3 rings (SSSR count). The topological polar surface area (TPSA) is 77.2 Å². The molecule has 0 radical (unpaired) electrons. The van der Waals surface area contributed by atoms with Gasteiger partial charge in [0.2, 0.25) is 0 Å². The lowest BCUT2D eigenvalue weighted by molar-refractivity contribution is -0.139. The van der Waals surface area contributed by atoms with E-state index in [9.17, 15) is 9.90 Å². The lowest BCUT2D eigenvalue weighted by atomic mass is 9.76. The van der Waals surface area contributed by atoms with Crippen LogP contribution in [0.3, 0.4) is 0 Å². The Balaban J connectivity index is 1.99. The molecule has 1 N–H and O–H groups in total. The number of hydrogen-bond donors (Lipinski definition) is 1. The van der Waals surface area contributed by atoms with Gasteiger partial charge in [0.1, 0.15) is 17.8 Å². The van der Waals surface area contributed by atoms with E-state index in [-0.39, 0.29) is 6.04 Å². The maximum absolute atomic E-state index is 11.6. The van der Waals surface area contributed by atoms with Crippen molar-refractivity contribution in [3.8, 4) is 6.07 Å². The van der Waals surface area contributed by atoms with Crippen LogP contribution in [0.15, 0.2) is 18.3 Å². The van der Waals surface area contributed by atoms with Crippen molar-refractivity contribution >= 4 is 11.7 Å². The Bertz CT molecular complexity index is 581. The van der Waals surface area contributed by atoms with E-state index in [4.69, 9.17) is 5.26 Å². The minimum absolute atomic E-state index is 0.280. The third kappa shape index (κ3) is 2.58. The number of aromatic nitrogens is 1. The summed E-state index contributed by atoms with van der Waals surface area (Å²) in [5.74, 6) is -0.192. The van der Waals surface area contributed by atoms with E-state index in [2.05, 4.69) is 4.98 Å². The minimum Gasteiger partial charge on any atom is -0.480 e. The van der Waals surface area contributed by atoms with Crippen LogP contribution in [0.2, 0.25) is 0 Å². The van der Waals surface area contributed by atoms with Crippen LogP contribution in [-0.4, -0.2) is 28.1 Å². The molecule has 3 unspecified atom stereocenters. The Morgan fingerprint density at radius 3 is 2.90 bits per heavy atom. The van der Waals surface area contributed by atoms with Crippen LogP contribution in [0.5, 0.6) is 0 Å². The average molecular weight is 285 g/mol. The van der Waals surface area contributed by atoms with Gasteiger partial charge in [0, 0.05) is 17.9 Å². The first-order valence-corrected chi connectivity index (χ1v) is 7.58. The molecule has 21 heavy (non-hydrogen) atoms. The van der Waals surface area contributed by atoms with Crippen LogP contribution in [-0.2, 0) is 4.79 Å². The van der Waals surface area contributed by atoms with Crippen LogP contribution >= 0.6 is 0 Å². The summed E-state index contributed by atoms with van der Waals surface area (Å²) in [5.41, 5.74) is 1.17. The number of carboxylic acid groups (broad SMARTS) is 1. The monoisotopic (exact) mass is 285 g/mol. The Kier molecular flexibility index (Phi) is 3.78. The molecule has 1 aliphatic carbocycles. The number of nitrogens with zero attached hydrogens (tertiary/aromatic N) is 3. The molecule has 1 aliphatic heterocycles. The molecule has 5 heteroatoms. The van der Waals surface area contributed by atoms with Crippen molar-refractivity contribution in [3.63, 3.8) is 0 Å². The van der Waals surface area contributed by atoms with Gasteiger partial charge in [-0.2, -0.15) is 5.26 Å². The fraction of sp³-hybridized carbons (Fsp3) is 0.562. The second-order valence-corrected chi connectivity index (χ2v) is 5.96. The zero-order valence-corrected chi connectivity index (χ0v) is 11.9. The Labute approximate surface area is 124 Å². The van der Waals surface area contributed by atoms with Crippen molar-refractivity contribution in [3.05, 3.63) is 24.0 Å². The number of fused-ring (bicyclic) bond motifs is 1. The zero-order chi connectivity index (χ0) is 14.8. The normalized spacial score (nSPS) is 28.5. The zero-order valence-electron chi connectivity index (χ0n) is 11.9. The summed E-state index contributed by atoms with van der Waals surface area (Å²) in [7, 11) is 0. The van der Waals surface area contributed by atoms with Crippen molar-refractivity contribution in [2.75, 3.05) is 4.90 Å². The largest absolute Gasteiger partial charge is 0.480 e. The smallest absolute Gasteiger partial charge is 0.326 e. The summed E-state index contributed by atoms with van der Waals surface area (Å²) in [6.45, 7) is 0. The Morgan fingerprint density at radius 2 is 2.14 bits per heavy atom. The average Bonchev–Trinajstić information content (AvgIpc) is 2.53. The predicted octanol–water partition coefficient (Wildman–Crippen LogP) is 2.57. The summed E-state index contributed by atoms with van der Waals surface area (Å²) >= 11 is 0. The van der Waals surface area contributed by atoms with Crippen molar-refractivity contribution < 1.29 is 9.90 Å². The lowest BCUT2D eigenvalue weighted by Crippen LogP contribution is -2.55. The van der Waals surface area contributed by atoms with Crippen molar-refractivity contribution in [2.24, 2.45) is 5.92 Å². The molecule has 2 heterocycles. The first-order chi connectivity index (χ1) is 10.2. The summed E-state index contributed by atoms with van der Waals surface area (Å²) in [5, 5.41) is 18.6. The van der Waals surface area contributed by atoms with Gasteiger partial charge in [-0.1, -0.05) is 12.8 Å². The molecule has 2 fully saturated rings. The lowest BCUT2D eigenvalue weighted by Gasteiger charge is -2.48. The van der Waals surface area contributed by atoms with E-state index >= 15 is 0 Å². The Morgan fingerprint density at radius 1 is 1.33 bits per heavy atom. The number of hydrogen-bond acceptors (Lipinski definition) is 4. The van der Waals surface area contributed by atoms with Gasteiger partial charge in [0.05, 0.1) is 0 Å². The predicted molar refractivity (Wildman–Crippen MR) is 77.8 cm³/mol. The molecular weight excluding hydrogens is 266 g/mol. The van der Waals surface area contributed by atoms with Crippen LogP contribution in [0, 0.1) is 17.2 Å². The Hall–Kier alpha value is -2.09. The third-order valence-electron chi connectivity index (χ3n) is 4.81.